The molecule has 3 aliphatic heterocycles. The number of hydroxylamine groups is 2. The van der Waals surface area contributed by atoms with Gasteiger partial charge >= 0.3 is 11.9 Å². The van der Waals surface area contributed by atoms with Crippen molar-refractivity contribution in [1.82, 2.24) is 5.06 Å². The molecule has 0 aromatic rings. The molecule has 0 spiro atoms. The number of carbonyl (C=O) groups is 2. The van der Waals surface area contributed by atoms with Crippen LogP contribution in [-0.4, -0.2) is 78.0 Å². The third kappa shape index (κ3) is 2.82. The first-order valence-corrected chi connectivity index (χ1v) is 7.89. The molecule has 3 saturated heterocycles. The van der Waals surface area contributed by atoms with E-state index in [2.05, 4.69) is 0 Å². The molecule has 10 heteroatoms. The van der Waals surface area contributed by atoms with Crippen molar-refractivity contribution >= 4 is 11.9 Å². The highest BCUT2D eigenvalue weighted by atomic mass is 16.9. The second-order valence-corrected chi connectivity index (χ2v) is 7.13. The maximum Gasteiger partial charge on any atom is 0.335 e. The van der Waals surface area contributed by atoms with Gasteiger partial charge in [0, 0.05) is 7.05 Å². The van der Waals surface area contributed by atoms with E-state index in [0.29, 0.717) is 0 Å². The first kappa shape index (κ1) is 18.5. The van der Waals surface area contributed by atoms with E-state index in [1.54, 1.807) is 27.7 Å². The minimum Gasteiger partial charge on any atom is -0.479 e. The van der Waals surface area contributed by atoms with E-state index >= 15 is 0 Å². The Labute approximate surface area is 144 Å². The van der Waals surface area contributed by atoms with Crippen LogP contribution in [0.3, 0.4) is 0 Å². The summed E-state index contributed by atoms with van der Waals surface area (Å²) in [5.41, 5.74) is 0. The Morgan fingerprint density at radius 1 is 1.00 bits per heavy atom. The summed E-state index contributed by atoms with van der Waals surface area (Å²) in [6, 6.07) is 0. The molecule has 5 atom stereocenters. The summed E-state index contributed by atoms with van der Waals surface area (Å²) in [6.07, 6.45) is -4.34. The van der Waals surface area contributed by atoms with Crippen molar-refractivity contribution in [2.45, 2.75) is 69.5 Å². The van der Waals surface area contributed by atoms with Gasteiger partial charge in [0.2, 0.25) is 0 Å². The zero-order valence-corrected chi connectivity index (χ0v) is 15.0. The smallest absolute Gasteiger partial charge is 0.335 e. The standard InChI is InChI=1S/C15H23NO9/c1-13(2)21-7-8(22-13)10-15(12(19)16(5)20-6,23-9(7)11(17)18)25-14(3,4)24-10/h7-10H,1-6H3,(H,17,18)/t7-,8+,9+,10-,15?/m1/s1. The lowest BCUT2D eigenvalue weighted by Gasteiger charge is -2.43. The molecule has 0 aromatic heterocycles. The first-order valence-electron chi connectivity index (χ1n) is 7.89. The van der Waals surface area contributed by atoms with E-state index in [0.717, 1.165) is 5.06 Å². The van der Waals surface area contributed by atoms with Crippen molar-refractivity contribution in [2.24, 2.45) is 0 Å². The maximum absolute atomic E-state index is 12.9. The van der Waals surface area contributed by atoms with Gasteiger partial charge in [-0.1, -0.05) is 0 Å². The van der Waals surface area contributed by atoms with Crippen molar-refractivity contribution in [2.75, 3.05) is 14.2 Å². The second-order valence-electron chi connectivity index (χ2n) is 7.13. The molecule has 0 radical (unpaired) electrons. The molecule has 3 aliphatic rings. The molecular formula is C15H23NO9. The van der Waals surface area contributed by atoms with Gasteiger partial charge in [-0.2, -0.15) is 0 Å². The number of nitrogens with zero attached hydrogens (tertiary/aromatic N) is 1. The largest absolute Gasteiger partial charge is 0.479 e. The SMILES string of the molecule is CON(C)C(=O)C12O[C@H](C(=O)O)[C@@H]3OC(C)(C)O[C@@H]3[C@H]1OC(C)(C)O2. The minimum atomic E-state index is -2.03. The van der Waals surface area contributed by atoms with Crippen LogP contribution in [0.5, 0.6) is 0 Å². The molecule has 10 nitrogen and oxygen atoms in total. The number of carbonyl (C=O) groups excluding carboxylic acids is 1. The average Bonchev–Trinajstić information content (AvgIpc) is 2.96. The number of likely N-dealkylation sites (N-methyl/N-ethyl adjacent to an activating group) is 1. The summed E-state index contributed by atoms with van der Waals surface area (Å²) in [5.74, 6) is -6.32. The lowest BCUT2D eigenvalue weighted by Crippen LogP contribution is -2.68. The molecule has 3 heterocycles. The molecule has 25 heavy (non-hydrogen) atoms. The molecule has 0 aromatic carbocycles. The predicted molar refractivity (Wildman–Crippen MR) is 78.9 cm³/mol. The highest BCUT2D eigenvalue weighted by molar-refractivity contribution is 5.85. The second kappa shape index (κ2) is 5.60. The van der Waals surface area contributed by atoms with Crippen molar-refractivity contribution in [3.05, 3.63) is 0 Å². The molecule has 142 valence electrons. The van der Waals surface area contributed by atoms with Gasteiger partial charge in [0.05, 0.1) is 7.11 Å². The number of rotatable bonds is 3. The summed E-state index contributed by atoms with van der Waals surface area (Å²) in [5, 5.41) is 10.5. The monoisotopic (exact) mass is 361 g/mol. The Bertz CT molecular complexity index is 592. The number of hydrogen-bond acceptors (Lipinski definition) is 8. The van der Waals surface area contributed by atoms with E-state index in [4.69, 9.17) is 28.5 Å². The van der Waals surface area contributed by atoms with Crippen molar-refractivity contribution in [3.8, 4) is 0 Å². The Morgan fingerprint density at radius 3 is 2.16 bits per heavy atom. The molecule has 0 aliphatic carbocycles. The van der Waals surface area contributed by atoms with E-state index in [1.165, 1.54) is 14.2 Å². The first-order chi connectivity index (χ1) is 11.4. The van der Waals surface area contributed by atoms with Crippen LogP contribution in [0.15, 0.2) is 0 Å². The van der Waals surface area contributed by atoms with Gasteiger partial charge in [-0.3, -0.25) is 9.63 Å². The number of hydrogen-bond donors (Lipinski definition) is 1. The van der Waals surface area contributed by atoms with E-state index in [9.17, 15) is 14.7 Å². The molecule has 1 N–H and O–H groups in total. The average molecular weight is 361 g/mol. The summed E-state index contributed by atoms with van der Waals surface area (Å²) in [6.45, 7) is 6.50. The van der Waals surface area contributed by atoms with E-state index < -0.39 is 53.7 Å². The van der Waals surface area contributed by atoms with E-state index in [1.807, 2.05) is 0 Å². The summed E-state index contributed by atoms with van der Waals surface area (Å²) < 4.78 is 28.8. The third-order valence-corrected chi connectivity index (χ3v) is 4.35. The minimum absolute atomic E-state index is 0.733. The fourth-order valence-electron chi connectivity index (χ4n) is 3.46. The van der Waals surface area contributed by atoms with Gasteiger partial charge in [0.1, 0.15) is 12.2 Å². The number of fused-ring (bicyclic) bond motifs is 3. The fraction of sp³-hybridized carbons (Fsp3) is 0.867. The number of carboxylic acids is 1. The highest BCUT2D eigenvalue weighted by Crippen LogP contribution is 2.50. The summed E-state index contributed by atoms with van der Waals surface area (Å²) in [4.78, 5) is 29.6. The lowest BCUT2D eigenvalue weighted by molar-refractivity contribution is -0.302. The third-order valence-electron chi connectivity index (χ3n) is 4.35. The van der Waals surface area contributed by atoms with Gasteiger partial charge in [0.15, 0.2) is 23.8 Å². The van der Waals surface area contributed by atoms with Gasteiger partial charge in [0.25, 0.3) is 5.79 Å². The maximum atomic E-state index is 12.9. The van der Waals surface area contributed by atoms with Gasteiger partial charge < -0.3 is 28.8 Å². The normalized spacial score (nSPS) is 41.0. The molecular weight excluding hydrogens is 338 g/mol. The zero-order chi connectivity index (χ0) is 18.8. The molecule has 3 fully saturated rings. The quantitative estimate of drug-likeness (QED) is 0.686. The van der Waals surface area contributed by atoms with Crippen LogP contribution in [0.4, 0.5) is 0 Å². The van der Waals surface area contributed by atoms with Crippen LogP contribution in [0.1, 0.15) is 27.7 Å². The lowest BCUT2D eigenvalue weighted by atomic mass is 9.92. The molecule has 3 rings (SSSR count). The Morgan fingerprint density at radius 2 is 1.60 bits per heavy atom. The van der Waals surface area contributed by atoms with Crippen LogP contribution in [0.2, 0.25) is 0 Å². The van der Waals surface area contributed by atoms with Crippen LogP contribution in [0.25, 0.3) is 0 Å². The van der Waals surface area contributed by atoms with Crippen LogP contribution >= 0.6 is 0 Å². The topological polar surface area (TPSA) is 113 Å². The zero-order valence-electron chi connectivity index (χ0n) is 15.0. The van der Waals surface area contributed by atoms with Gasteiger partial charge in [-0.05, 0) is 27.7 Å². The molecule has 1 unspecified atom stereocenters. The van der Waals surface area contributed by atoms with Crippen LogP contribution in [-0.2, 0) is 38.1 Å². The molecule has 1 amide bonds. The van der Waals surface area contributed by atoms with Gasteiger partial charge in [-0.15, -0.1) is 0 Å². The van der Waals surface area contributed by atoms with Crippen LogP contribution < -0.4 is 0 Å². The molecule has 0 saturated carbocycles. The molecule has 0 bridgehead atoms. The van der Waals surface area contributed by atoms with Gasteiger partial charge in [-0.25, -0.2) is 9.86 Å². The number of carboxylic acid groups (broad SMARTS) is 1. The number of amides is 1. The summed E-state index contributed by atoms with van der Waals surface area (Å²) >= 11 is 0. The highest BCUT2D eigenvalue weighted by Gasteiger charge is 2.72. The van der Waals surface area contributed by atoms with Crippen molar-refractivity contribution in [1.29, 1.82) is 0 Å². The fourth-order valence-corrected chi connectivity index (χ4v) is 3.46. The Kier molecular flexibility index (Phi) is 4.14. The van der Waals surface area contributed by atoms with Crippen molar-refractivity contribution < 1.29 is 43.2 Å². The van der Waals surface area contributed by atoms with Crippen LogP contribution in [0, 0.1) is 0 Å². The Balaban J connectivity index is 2.08. The number of aliphatic carboxylic acids is 1. The van der Waals surface area contributed by atoms with Crippen molar-refractivity contribution in [3.63, 3.8) is 0 Å². The van der Waals surface area contributed by atoms with E-state index in [-0.39, 0.29) is 0 Å². The summed E-state index contributed by atoms with van der Waals surface area (Å²) in [7, 11) is 2.66. The number of ether oxygens (including phenoxy) is 5. The predicted octanol–water partition coefficient (Wildman–Crippen LogP) is -0.142. The Hall–Kier alpha value is -1.30.